The molecule has 0 atom stereocenters. The van der Waals surface area contributed by atoms with Gasteiger partial charge in [0.25, 0.3) is 5.89 Å². The zero-order valence-electron chi connectivity index (χ0n) is 10.5. The molecular formula is C11H14N4O2S. The minimum atomic E-state index is -0.120. The first-order valence-electron chi connectivity index (χ1n) is 5.68. The van der Waals surface area contributed by atoms with E-state index in [9.17, 15) is 4.79 Å². The lowest BCUT2D eigenvalue weighted by Gasteiger charge is -1.96. The second-order valence-electron chi connectivity index (χ2n) is 3.86. The van der Waals surface area contributed by atoms with Crippen LogP contribution in [-0.4, -0.2) is 21.1 Å². The Labute approximate surface area is 108 Å². The second kappa shape index (κ2) is 5.26. The molecule has 1 amide bonds. The standard InChI is InChI=1S/C11H14N4O2S/c1-4-5-8(16)13-11-15-14-10(17-11)9-6(2)12-7(3)18-9/h4-5H2,1-3H3,(H,13,15,16). The van der Waals surface area contributed by atoms with Gasteiger partial charge in [-0.2, -0.15) is 0 Å². The van der Waals surface area contributed by atoms with E-state index in [1.165, 1.54) is 11.3 Å². The molecule has 0 radical (unpaired) electrons. The molecule has 0 spiro atoms. The largest absolute Gasteiger partial charge is 0.402 e. The van der Waals surface area contributed by atoms with Crippen LogP contribution in [0.3, 0.4) is 0 Å². The molecule has 1 N–H and O–H groups in total. The molecule has 2 aromatic heterocycles. The Balaban J connectivity index is 2.15. The van der Waals surface area contributed by atoms with Crippen molar-refractivity contribution in [2.45, 2.75) is 33.6 Å². The molecule has 0 unspecified atom stereocenters. The Morgan fingerprint density at radius 3 is 2.78 bits per heavy atom. The molecule has 2 heterocycles. The van der Waals surface area contributed by atoms with Crippen molar-refractivity contribution < 1.29 is 9.21 Å². The third-order valence-corrected chi connectivity index (χ3v) is 3.31. The maximum atomic E-state index is 11.4. The molecular weight excluding hydrogens is 252 g/mol. The fourth-order valence-electron chi connectivity index (χ4n) is 1.50. The smallest absolute Gasteiger partial charge is 0.322 e. The van der Waals surface area contributed by atoms with Gasteiger partial charge in [0.2, 0.25) is 5.91 Å². The molecule has 2 rings (SSSR count). The number of hydrogen-bond donors (Lipinski definition) is 1. The van der Waals surface area contributed by atoms with Crippen molar-refractivity contribution in [1.82, 2.24) is 15.2 Å². The summed E-state index contributed by atoms with van der Waals surface area (Å²) in [5.41, 5.74) is 0.854. The van der Waals surface area contributed by atoms with E-state index in [0.29, 0.717) is 12.3 Å². The highest BCUT2D eigenvalue weighted by molar-refractivity contribution is 7.15. The van der Waals surface area contributed by atoms with Crippen LogP contribution in [0.5, 0.6) is 0 Å². The average Bonchev–Trinajstić information content (AvgIpc) is 2.85. The number of aryl methyl sites for hydroxylation is 2. The van der Waals surface area contributed by atoms with Crippen molar-refractivity contribution in [3.8, 4) is 10.8 Å². The summed E-state index contributed by atoms with van der Waals surface area (Å²) in [4.78, 5) is 16.5. The topological polar surface area (TPSA) is 80.9 Å². The number of nitrogens with zero attached hydrogens (tertiary/aromatic N) is 3. The van der Waals surface area contributed by atoms with Crippen molar-refractivity contribution in [1.29, 1.82) is 0 Å². The molecule has 2 aromatic rings. The van der Waals surface area contributed by atoms with Crippen molar-refractivity contribution in [2.75, 3.05) is 5.32 Å². The summed E-state index contributed by atoms with van der Waals surface area (Å²) in [6.07, 6.45) is 1.22. The number of amides is 1. The van der Waals surface area contributed by atoms with Gasteiger partial charge in [-0.25, -0.2) is 4.98 Å². The van der Waals surface area contributed by atoms with E-state index < -0.39 is 0 Å². The van der Waals surface area contributed by atoms with Crippen molar-refractivity contribution in [3.63, 3.8) is 0 Å². The molecule has 18 heavy (non-hydrogen) atoms. The molecule has 0 aliphatic heterocycles. The summed E-state index contributed by atoms with van der Waals surface area (Å²) >= 11 is 1.49. The summed E-state index contributed by atoms with van der Waals surface area (Å²) < 4.78 is 5.40. The fraction of sp³-hybridized carbons (Fsp3) is 0.455. The van der Waals surface area contributed by atoms with Gasteiger partial charge in [0.1, 0.15) is 4.88 Å². The van der Waals surface area contributed by atoms with Crippen molar-refractivity contribution in [3.05, 3.63) is 10.7 Å². The quantitative estimate of drug-likeness (QED) is 0.919. The Morgan fingerprint density at radius 2 is 2.17 bits per heavy atom. The SMILES string of the molecule is CCCC(=O)Nc1nnc(-c2sc(C)nc2C)o1. The normalized spacial score (nSPS) is 10.6. The molecule has 0 aromatic carbocycles. The number of aromatic nitrogens is 3. The summed E-state index contributed by atoms with van der Waals surface area (Å²) in [5, 5.41) is 11.2. The highest BCUT2D eigenvalue weighted by Crippen LogP contribution is 2.29. The maximum Gasteiger partial charge on any atom is 0.322 e. The van der Waals surface area contributed by atoms with Crippen LogP contribution in [0, 0.1) is 13.8 Å². The van der Waals surface area contributed by atoms with Crippen molar-refractivity contribution in [2.24, 2.45) is 0 Å². The van der Waals surface area contributed by atoms with E-state index >= 15 is 0 Å². The van der Waals surface area contributed by atoms with Gasteiger partial charge in [0.15, 0.2) is 0 Å². The van der Waals surface area contributed by atoms with Gasteiger partial charge in [0.05, 0.1) is 10.7 Å². The van der Waals surface area contributed by atoms with Gasteiger partial charge in [0, 0.05) is 6.42 Å². The number of carbonyl (C=O) groups is 1. The van der Waals surface area contributed by atoms with Crippen LogP contribution in [0.4, 0.5) is 6.01 Å². The third-order valence-electron chi connectivity index (χ3n) is 2.25. The minimum absolute atomic E-state index is 0.120. The van der Waals surface area contributed by atoms with Gasteiger partial charge in [-0.15, -0.1) is 16.4 Å². The number of rotatable bonds is 4. The number of hydrogen-bond acceptors (Lipinski definition) is 6. The molecule has 7 heteroatoms. The summed E-state index contributed by atoms with van der Waals surface area (Å²) in [6, 6.07) is 0.133. The summed E-state index contributed by atoms with van der Waals surface area (Å²) in [6.45, 7) is 5.74. The first kappa shape index (κ1) is 12.7. The second-order valence-corrected chi connectivity index (χ2v) is 5.06. The predicted octanol–water partition coefficient (Wildman–Crippen LogP) is 2.55. The molecule has 0 saturated heterocycles. The number of nitrogens with one attached hydrogen (secondary N) is 1. The number of carbonyl (C=O) groups excluding carboxylic acids is 1. The summed E-state index contributed by atoms with van der Waals surface area (Å²) in [7, 11) is 0. The third kappa shape index (κ3) is 2.73. The molecule has 0 aliphatic carbocycles. The lowest BCUT2D eigenvalue weighted by Crippen LogP contribution is -2.10. The highest BCUT2D eigenvalue weighted by atomic mass is 32.1. The summed E-state index contributed by atoms with van der Waals surface area (Å²) in [5.74, 6) is 0.273. The van der Waals surface area contributed by atoms with E-state index in [-0.39, 0.29) is 11.9 Å². The van der Waals surface area contributed by atoms with Crippen LogP contribution in [0.2, 0.25) is 0 Å². The molecule has 6 nitrogen and oxygen atoms in total. The van der Waals surface area contributed by atoms with Crippen molar-refractivity contribution >= 4 is 23.3 Å². The van der Waals surface area contributed by atoms with Gasteiger partial charge in [-0.1, -0.05) is 12.0 Å². The Kier molecular flexibility index (Phi) is 3.71. The van der Waals surface area contributed by atoms with Gasteiger partial charge >= 0.3 is 6.01 Å². The van der Waals surface area contributed by atoms with E-state index in [1.807, 2.05) is 20.8 Å². The fourth-order valence-corrected chi connectivity index (χ4v) is 2.35. The van der Waals surface area contributed by atoms with Gasteiger partial charge in [-0.05, 0) is 20.3 Å². The Morgan fingerprint density at radius 1 is 1.39 bits per heavy atom. The number of anilines is 1. The zero-order valence-corrected chi connectivity index (χ0v) is 11.3. The molecule has 0 aliphatic rings. The molecule has 0 fully saturated rings. The number of thiazole rings is 1. The lowest BCUT2D eigenvalue weighted by atomic mass is 10.3. The molecule has 0 bridgehead atoms. The zero-order chi connectivity index (χ0) is 13.1. The predicted molar refractivity (Wildman–Crippen MR) is 68.4 cm³/mol. The van der Waals surface area contributed by atoms with E-state index in [2.05, 4.69) is 20.5 Å². The van der Waals surface area contributed by atoms with Gasteiger partial charge < -0.3 is 4.42 Å². The highest BCUT2D eigenvalue weighted by Gasteiger charge is 2.15. The van der Waals surface area contributed by atoms with E-state index in [0.717, 1.165) is 22.0 Å². The van der Waals surface area contributed by atoms with E-state index in [1.54, 1.807) is 0 Å². The maximum absolute atomic E-state index is 11.4. The Bertz CT molecular complexity index is 561. The van der Waals surface area contributed by atoms with Crippen LogP contribution in [-0.2, 0) is 4.79 Å². The van der Waals surface area contributed by atoms with Crippen LogP contribution in [0.15, 0.2) is 4.42 Å². The average molecular weight is 266 g/mol. The van der Waals surface area contributed by atoms with Crippen LogP contribution in [0.1, 0.15) is 30.5 Å². The Hall–Kier alpha value is -1.76. The van der Waals surface area contributed by atoms with Crippen LogP contribution < -0.4 is 5.32 Å². The first-order chi connectivity index (χ1) is 8.60. The van der Waals surface area contributed by atoms with Crippen LogP contribution in [0.25, 0.3) is 10.8 Å². The first-order valence-corrected chi connectivity index (χ1v) is 6.49. The van der Waals surface area contributed by atoms with Crippen LogP contribution >= 0.6 is 11.3 Å². The van der Waals surface area contributed by atoms with E-state index in [4.69, 9.17) is 4.42 Å². The van der Waals surface area contributed by atoms with Gasteiger partial charge in [-0.3, -0.25) is 10.1 Å². The molecule has 0 saturated carbocycles. The minimum Gasteiger partial charge on any atom is -0.402 e. The lowest BCUT2D eigenvalue weighted by molar-refractivity contribution is -0.116. The monoisotopic (exact) mass is 266 g/mol. The molecule has 96 valence electrons.